The molecule has 1 N–H and O–H groups in total. The Kier molecular flexibility index (Phi) is 4.73. The Hall–Kier alpha value is -1.73. The van der Waals surface area contributed by atoms with Gasteiger partial charge in [-0.3, -0.25) is 4.79 Å². The number of aliphatic hydroxyl groups is 1. The Morgan fingerprint density at radius 1 is 1.42 bits per heavy atom. The Labute approximate surface area is 146 Å². The number of aryl methyl sites for hydroxylation is 1. The standard InChI is InChI=1S/C17H24N4O2S/c1-12(2)15-19-13(3)14(24-15)16(22)21-7-4-17(23,5-8-21)10-20-9-6-18-11-20/h6,9,11-12,23H,4-5,7-8,10H2,1-3H3. The molecule has 0 atom stereocenters. The van der Waals surface area contributed by atoms with Crippen LogP contribution in [0.5, 0.6) is 0 Å². The summed E-state index contributed by atoms with van der Waals surface area (Å²) in [6, 6.07) is 0. The molecule has 1 amide bonds. The van der Waals surface area contributed by atoms with E-state index in [1.54, 1.807) is 12.5 Å². The van der Waals surface area contributed by atoms with Crippen LogP contribution < -0.4 is 0 Å². The molecule has 0 saturated carbocycles. The normalized spacial score (nSPS) is 17.5. The number of carbonyl (C=O) groups is 1. The SMILES string of the molecule is Cc1nc(C(C)C)sc1C(=O)N1CCC(O)(Cn2ccnc2)CC1. The first-order valence-corrected chi connectivity index (χ1v) is 9.14. The van der Waals surface area contributed by atoms with E-state index in [2.05, 4.69) is 23.8 Å². The fourth-order valence-corrected chi connectivity index (χ4v) is 4.05. The molecule has 6 nitrogen and oxygen atoms in total. The molecule has 0 bridgehead atoms. The van der Waals surface area contributed by atoms with Crippen molar-refractivity contribution in [3.63, 3.8) is 0 Å². The van der Waals surface area contributed by atoms with E-state index in [1.165, 1.54) is 11.3 Å². The van der Waals surface area contributed by atoms with Gasteiger partial charge in [0.2, 0.25) is 0 Å². The largest absolute Gasteiger partial charge is 0.388 e. The first-order chi connectivity index (χ1) is 11.4. The van der Waals surface area contributed by atoms with Crippen LogP contribution in [0.2, 0.25) is 0 Å². The lowest BCUT2D eigenvalue weighted by molar-refractivity contribution is -0.0291. The molecule has 130 valence electrons. The fourth-order valence-electron chi connectivity index (χ4n) is 3.01. The van der Waals surface area contributed by atoms with Gasteiger partial charge >= 0.3 is 0 Å². The van der Waals surface area contributed by atoms with Gasteiger partial charge in [-0.15, -0.1) is 11.3 Å². The third-order valence-corrected chi connectivity index (χ3v) is 5.96. The van der Waals surface area contributed by atoms with Gasteiger partial charge < -0.3 is 14.6 Å². The lowest BCUT2D eigenvalue weighted by Crippen LogP contribution is -2.48. The van der Waals surface area contributed by atoms with Crippen molar-refractivity contribution in [3.8, 4) is 0 Å². The minimum atomic E-state index is -0.774. The monoisotopic (exact) mass is 348 g/mol. The van der Waals surface area contributed by atoms with Crippen molar-refractivity contribution >= 4 is 17.2 Å². The minimum absolute atomic E-state index is 0.0431. The maximum atomic E-state index is 12.8. The molecule has 1 aliphatic rings. The number of amides is 1. The zero-order chi connectivity index (χ0) is 17.3. The number of likely N-dealkylation sites (tertiary alicyclic amines) is 1. The maximum Gasteiger partial charge on any atom is 0.265 e. The first-order valence-electron chi connectivity index (χ1n) is 8.33. The lowest BCUT2D eigenvalue weighted by atomic mass is 9.91. The van der Waals surface area contributed by atoms with Crippen molar-refractivity contribution in [1.82, 2.24) is 19.4 Å². The summed E-state index contributed by atoms with van der Waals surface area (Å²) < 4.78 is 1.89. The lowest BCUT2D eigenvalue weighted by Gasteiger charge is -2.38. The molecule has 2 aromatic heterocycles. The predicted octanol–water partition coefficient (Wildman–Crippen LogP) is 2.44. The summed E-state index contributed by atoms with van der Waals surface area (Å²) in [5, 5.41) is 11.8. The van der Waals surface area contributed by atoms with Crippen molar-refractivity contribution in [1.29, 1.82) is 0 Å². The molecule has 1 saturated heterocycles. The Balaban J connectivity index is 1.65. The summed E-state index contributed by atoms with van der Waals surface area (Å²) in [5.74, 6) is 0.374. The van der Waals surface area contributed by atoms with Gasteiger partial charge in [-0.25, -0.2) is 9.97 Å². The van der Waals surface area contributed by atoms with Gasteiger partial charge in [-0.1, -0.05) is 13.8 Å². The Morgan fingerprint density at radius 2 is 2.12 bits per heavy atom. The number of hydrogen-bond donors (Lipinski definition) is 1. The molecule has 2 aromatic rings. The number of rotatable bonds is 4. The molecule has 0 aliphatic carbocycles. The molecular formula is C17H24N4O2S. The van der Waals surface area contributed by atoms with Gasteiger partial charge in [0, 0.05) is 31.4 Å². The van der Waals surface area contributed by atoms with Crippen LogP contribution in [-0.2, 0) is 6.54 Å². The number of nitrogens with zero attached hydrogens (tertiary/aromatic N) is 4. The van der Waals surface area contributed by atoms with Crippen molar-refractivity contribution in [2.75, 3.05) is 13.1 Å². The highest BCUT2D eigenvalue weighted by Crippen LogP contribution is 2.29. The number of piperidine rings is 1. The van der Waals surface area contributed by atoms with Crippen molar-refractivity contribution < 1.29 is 9.90 Å². The molecule has 24 heavy (non-hydrogen) atoms. The van der Waals surface area contributed by atoms with Crippen LogP contribution >= 0.6 is 11.3 Å². The molecule has 0 unspecified atom stereocenters. The zero-order valence-electron chi connectivity index (χ0n) is 14.4. The van der Waals surface area contributed by atoms with Crippen molar-refractivity contribution in [3.05, 3.63) is 34.3 Å². The van der Waals surface area contributed by atoms with Crippen LogP contribution in [0.1, 0.15) is 53.0 Å². The summed E-state index contributed by atoms with van der Waals surface area (Å²) in [5.41, 5.74) is 0.0384. The van der Waals surface area contributed by atoms with E-state index in [0.717, 1.165) is 15.6 Å². The molecule has 3 heterocycles. The van der Waals surface area contributed by atoms with Gasteiger partial charge in [0.25, 0.3) is 5.91 Å². The van der Waals surface area contributed by atoms with Crippen LogP contribution in [0.15, 0.2) is 18.7 Å². The molecule has 3 rings (SSSR count). The van der Waals surface area contributed by atoms with Gasteiger partial charge in [0.1, 0.15) is 4.88 Å². The van der Waals surface area contributed by atoms with Crippen molar-refractivity contribution in [2.24, 2.45) is 0 Å². The number of aromatic nitrogens is 3. The highest BCUT2D eigenvalue weighted by molar-refractivity contribution is 7.13. The average Bonchev–Trinajstić information content (AvgIpc) is 3.16. The summed E-state index contributed by atoms with van der Waals surface area (Å²) in [6.07, 6.45) is 6.42. The second kappa shape index (κ2) is 6.64. The van der Waals surface area contributed by atoms with Crippen LogP contribution in [-0.4, -0.2) is 49.1 Å². The van der Waals surface area contributed by atoms with Crippen molar-refractivity contribution in [2.45, 2.75) is 51.7 Å². The fraction of sp³-hybridized carbons (Fsp3) is 0.588. The molecule has 0 radical (unpaired) electrons. The topological polar surface area (TPSA) is 71.2 Å². The summed E-state index contributed by atoms with van der Waals surface area (Å²) in [7, 11) is 0. The van der Waals surface area contributed by atoms with Crippen LogP contribution in [0, 0.1) is 6.92 Å². The third-order valence-electron chi connectivity index (χ3n) is 4.52. The second-order valence-electron chi connectivity index (χ2n) is 6.87. The van der Waals surface area contributed by atoms with E-state index in [1.807, 2.05) is 22.6 Å². The molecule has 0 spiro atoms. The predicted molar refractivity (Wildman–Crippen MR) is 93.3 cm³/mol. The van der Waals surface area contributed by atoms with E-state index in [0.29, 0.717) is 38.4 Å². The molecular weight excluding hydrogens is 324 g/mol. The minimum Gasteiger partial charge on any atom is -0.388 e. The highest BCUT2D eigenvalue weighted by Gasteiger charge is 2.35. The van der Waals surface area contributed by atoms with Crippen LogP contribution in [0.25, 0.3) is 0 Å². The number of carbonyl (C=O) groups excluding carboxylic acids is 1. The number of hydrogen-bond acceptors (Lipinski definition) is 5. The maximum absolute atomic E-state index is 12.8. The van der Waals surface area contributed by atoms with Crippen LogP contribution in [0.4, 0.5) is 0 Å². The molecule has 1 fully saturated rings. The Bertz CT molecular complexity index is 700. The summed E-state index contributed by atoms with van der Waals surface area (Å²) >= 11 is 1.50. The molecule has 1 aliphatic heterocycles. The zero-order valence-corrected chi connectivity index (χ0v) is 15.2. The number of imidazole rings is 1. The van der Waals surface area contributed by atoms with Gasteiger partial charge in [-0.05, 0) is 19.8 Å². The second-order valence-corrected chi connectivity index (χ2v) is 7.90. The van der Waals surface area contributed by atoms with Gasteiger partial charge in [-0.2, -0.15) is 0 Å². The smallest absolute Gasteiger partial charge is 0.265 e. The van der Waals surface area contributed by atoms with E-state index in [9.17, 15) is 9.90 Å². The van der Waals surface area contributed by atoms with E-state index >= 15 is 0 Å². The summed E-state index contributed by atoms with van der Waals surface area (Å²) in [4.78, 5) is 23.9. The van der Waals surface area contributed by atoms with Gasteiger partial charge in [0.05, 0.1) is 29.2 Å². The summed E-state index contributed by atoms with van der Waals surface area (Å²) in [6.45, 7) is 7.73. The Morgan fingerprint density at radius 3 is 2.67 bits per heavy atom. The van der Waals surface area contributed by atoms with E-state index in [-0.39, 0.29) is 5.91 Å². The van der Waals surface area contributed by atoms with E-state index in [4.69, 9.17) is 0 Å². The van der Waals surface area contributed by atoms with Gasteiger partial charge in [0.15, 0.2) is 0 Å². The number of thiazole rings is 1. The average molecular weight is 348 g/mol. The van der Waals surface area contributed by atoms with E-state index < -0.39 is 5.60 Å². The first kappa shape index (κ1) is 17.1. The van der Waals surface area contributed by atoms with Crippen LogP contribution in [0.3, 0.4) is 0 Å². The quantitative estimate of drug-likeness (QED) is 0.921. The molecule has 7 heteroatoms. The molecule has 0 aromatic carbocycles. The highest BCUT2D eigenvalue weighted by atomic mass is 32.1. The third kappa shape index (κ3) is 3.52.